The molecule has 122 valence electrons. The number of carbonyl (C=O) groups excluding carboxylic acids is 1. The lowest BCUT2D eigenvalue weighted by atomic mass is 9.83. The van der Waals surface area contributed by atoms with Gasteiger partial charge in [0.15, 0.2) is 5.78 Å². The van der Waals surface area contributed by atoms with Crippen molar-refractivity contribution in [3.63, 3.8) is 0 Å². The lowest BCUT2D eigenvalue weighted by Crippen LogP contribution is -2.51. The molecule has 0 aliphatic heterocycles. The molecular formula is C15H28N2O4. The van der Waals surface area contributed by atoms with Crippen LogP contribution in [-0.2, 0) is 9.59 Å². The van der Waals surface area contributed by atoms with E-state index >= 15 is 0 Å². The molecule has 6 heteroatoms. The zero-order chi connectivity index (χ0) is 16.0. The van der Waals surface area contributed by atoms with Crippen molar-refractivity contribution >= 4 is 11.8 Å². The third kappa shape index (κ3) is 5.73. The highest BCUT2D eigenvalue weighted by Crippen LogP contribution is 2.27. The van der Waals surface area contributed by atoms with Crippen LogP contribution in [0, 0.1) is 5.92 Å². The number of carbonyl (C=O) groups is 2. The number of aliphatic hydroxyl groups excluding tert-OH is 1. The van der Waals surface area contributed by atoms with Crippen molar-refractivity contribution in [2.75, 3.05) is 13.6 Å². The average molecular weight is 300 g/mol. The van der Waals surface area contributed by atoms with E-state index < -0.39 is 17.6 Å². The molecule has 0 amide bonds. The van der Waals surface area contributed by atoms with Gasteiger partial charge >= 0.3 is 5.97 Å². The first kappa shape index (κ1) is 18.1. The molecule has 1 rings (SSSR count). The van der Waals surface area contributed by atoms with Crippen LogP contribution in [0.2, 0.25) is 0 Å². The third-order valence-electron chi connectivity index (χ3n) is 4.51. The van der Waals surface area contributed by atoms with Gasteiger partial charge in [0.25, 0.3) is 0 Å². The van der Waals surface area contributed by atoms with Gasteiger partial charge < -0.3 is 15.5 Å². The van der Waals surface area contributed by atoms with Crippen LogP contribution in [-0.4, -0.2) is 53.2 Å². The van der Waals surface area contributed by atoms with E-state index in [1.165, 1.54) is 0 Å². The lowest BCUT2D eigenvalue weighted by Gasteiger charge is -2.28. The van der Waals surface area contributed by atoms with Gasteiger partial charge in [-0.1, -0.05) is 0 Å². The van der Waals surface area contributed by atoms with Gasteiger partial charge in [0.2, 0.25) is 0 Å². The summed E-state index contributed by atoms with van der Waals surface area (Å²) in [6, 6.07) is -0.707. The summed E-state index contributed by atoms with van der Waals surface area (Å²) in [5.74, 6) is -0.680. The molecule has 0 aromatic carbocycles. The highest BCUT2D eigenvalue weighted by atomic mass is 16.4. The number of ketones is 1. The SMILES string of the molecule is CNC(C)(C)C(=O)CN[C@H](CC1CCC(O)CC1)C(=O)O. The molecule has 1 fully saturated rings. The number of Topliss-reactive ketones (excluding diaryl/α,β-unsaturated/α-hetero) is 1. The zero-order valence-corrected chi connectivity index (χ0v) is 13.2. The van der Waals surface area contributed by atoms with Crippen LogP contribution in [0.3, 0.4) is 0 Å². The van der Waals surface area contributed by atoms with Crippen LogP contribution in [0.1, 0.15) is 46.0 Å². The van der Waals surface area contributed by atoms with Gasteiger partial charge in [-0.25, -0.2) is 0 Å². The van der Waals surface area contributed by atoms with Gasteiger partial charge in [-0.2, -0.15) is 0 Å². The van der Waals surface area contributed by atoms with E-state index in [1.54, 1.807) is 20.9 Å². The molecule has 1 saturated carbocycles. The lowest BCUT2D eigenvalue weighted by molar-refractivity contribution is -0.140. The van der Waals surface area contributed by atoms with E-state index in [-0.39, 0.29) is 18.4 Å². The first-order valence-corrected chi connectivity index (χ1v) is 7.62. The summed E-state index contributed by atoms with van der Waals surface area (Å²) < 4.78 is 0. The second-order valence-electron chi connectivity index (χ2n) is 6.48. The van der Waals surface area contributed by atoms with Crippen molar-refractivity contribution in [2.45, 2.75) is 63.6 Å². The van der Waals surface area contributed by atoms with E-state index in [1.807, 2.05) is 0 Å². The van der Waals surface area contributed by atoms with E-state index in [0.29, 0.717) is 12.3 Å². The molecule has 1 atom stereocenters. The minimum atomic E-state index is -0.920. The second kappa shape index (κ2) is 7.87. The standard InChI is InChI=1S/C15H28N2O4/c1-15(2,16-3)13(19)9-17-12(14(20)21)8-10-4-6-11(18)7-5-10/h10-12,16-18H,4-9H2,1-3H3,(H,20,21)/t10?,11?,12-/m1/s1. The maximum Gasteiger partial charge on any atom is 0.320 e. The summed E-state index contributed by atoms with van der Waals surface area (Å²) in [6.07, 6.45) is 3.45. The van der Waals surface area contributed by atoms with Gasteiger partial charge in [0.1, 0.15) is 6.04 Å². The molecule has 0 aromatic heterocycles. The first-order chi connectivity index (χ1) is 9.76. The highest BCUT2D eigenvalue weighted by Gasteiger charge is 2.29. The quantitative estimate of drug-likeness (QED) is 0.522. The minimum Gasteiger partial charge on any atom is -0.480 e. The van der Waals surface area contributed by atoms with Crippen LogP contribution in [0.25, 0.3) is 0 Å². The number of nitrogens with one attached hydrogen (secondary N) is 2. The summed E-state index contributed by atoms with van der Waals surface area (Å²) >= 11 is 0. The third-order valence-corrected chi connectivity index (χ3v) is 4.51. The molecule has 0 heterocycles. The van der Waals surface area contributed by atoms with Crippen LogP contribution < -0.4 is 10.6 Å². The molecule has 0 spiro atoms. The van der Waals surface area contributed by atoms with Gasteiger partial charge in [-0.15, -0.1) is 0 Å². The zero-order valence-electron chi connectivity index (χ0n) is 13.2. The average Bonchev–Trinajstić information content (AvgIpc) is 2.44. The Balaban J connectivity index is 2.47. The Labute approximate surface area is 126 Å². The van der Waals surface area contributed by atoms with E-state index in [9.17, 15) is 19.8 Å². The molecule has 0 radical (unpaired) electrons. The summed E-state index contributed by atoms with van der Waals surface area (Å²) in [6.45, 7) is 3.59. The second-order valence-corrected chi connectivity index (χ2v) is 6.48. The van der Waals surface area contributed by atoms with Crippen molar-refractivity contribution in [1.82, 2.24) is 10.6 Å². The maximum atomic E-state index is 12.0. The predicted octanol–water partition coefficient (Wildman–Crippen LogP) is 0.538. The largest absolute Gasteiger partial charge is 0.480 e. The molecular weight excluding hydrogens is 272 g/mol. The molecule has 21 heavy (non-hydrogen) atoms. The van der Waals surface area contributed by atoms with Crippen molar-refractivity contribution in [3.8, 4) is 0 Å². The summed E-state index contributed by atoms with van der Waals surface area (Å²) in [7, 11) is 1.71. The molecule has 0 bridgehead atoms. The van der Waals surface area contributed by atoms with Crippen LogP contribution in [0.15, 0.2) is 0 Å². The summed E-state index contributed by atoms with van der Waals surface area (Å²) in [4.78, 5) is 23.3. The van der Waals surface area contributed by atoms with Crippen LogP contribution >= 0.6 is 0 Å². The molecule has 1 aliphatic rings. The molecule has 0 unspecified atom stereocenters. The monoisotopic (exact) mass is 300 g/mol. The molecule has 4 N–H and O–H groups in total. The Morgan fingerprint density at radius 1 is 1.24 bits per heavy atom. The van der Waals surface area contributed by atoms with Crippen molar-refractivity contribution in [1.29, 1.82) is 0 Å². The number of aliphatic carboxylic acids is 1. The first-order valence-electron chi connectivity index (χ1n) is 7.62. The van der Waals surface area contributed by atoms with E-state index in [2.05, 4.69) is 10.6 Å². The topological polar surface area (TPSA) is 98.7 Å². The predicted molar refractivity (Wildman–Crippen MR) is 80.2 cm³/mol. The number of hydrogen-bond acceptors (Lipinski definition) is 5. The van der Waals surface area contributed by atoms with Gasteiger partial charge in [-0.05, 0) is 58.9 Å². The molecule has 0 aromatic rings. The number of likely N-dealkylation sites (N-methyl/N-ethyl adjacent to an activating group) is 1. The number of hydrogen-bond donors (Lipinski definition) is 4. The molecule has 1 aliphatic carbocycles. The summed E-state index contributed by atoms with van der Waals surface area (Å²) in [5, 5.41) is 24.6. The van der Waals surface area contributed by atoms with Crippen molar-refractivity contribution in [3.05, 3.63) is 0 Å². The number of aliphatic hydroxyl groups is 1. The van der Waals surface area contributed by atoms with Crippen molar-refractivity contribution in [2.24, 2.45) is 5.92 Å². The van der Waals surface area contributed by atoms with E-state index in [0.717, 1.165) is 25.7 Å². The molecule has 0 saturated heterocycles. The smallest absolute Gasteiger partial charge is 0.320 e. The number of rotatable bonds is 8. The summed E-state index contributed by atoms with van der Waals surface area (Å²) in [5.41, 5.74) is -0.662. The maximum absolute atomic E-state index is 12.0. The van der Waals surface area contributed by atoms with Crippen molar-refractivity contribution < 1.29 is 19.8 Å². The fraction of sp³-hybridized carbons (Fsp3) is 0.867. The number of carboxylic acid groups (broad SMARTS) is 1. The molecule has 6 nitrogen and oxygen atoms in total. The van der Waals surface area contributed by atoms with Crippen LogP contribution in [0.5, 0.6) is 0 Å². The highest BCUT2D eigenvalue weighted by molar-refractivity contribution is 5.89. The fourth-order valence-electron chi connectivity index (χ4n) is 2.56. The number of carboxylic acids is 1. The Hall–Kier alpha value is -0.980. The minimum absolute atomic E-state index is 0.0418. The Kier molecular flexibility index (Phi) is 6.77. The normalized spacial score (nSPS) is 24.6. The fourth-order valence-corrected chi connectivity index (χ4v) is 2.56. The Morgan fingerprint density at radius 3 is 2.29 bits per heavy atom. The van der Waals surface area contributed by atoms with Crippen LogP contribution in [0.4, 0.5) is 0 Å². The van der Waals surface area contributed by atoms with Gasteiger partial charge in [0, 0.05) is 0 Å². The Morgan fingerprint density at radius 2 is 1.81 bits per heavy atom. The Bertz CT molecular complexity index is 363. The van der Waals surface area contributed by atoms with E-state index in [4.69, 9.17) is 0 Å². The van der Waals surface area contributed by atoms with Gasteiger partial charge in [-0.3, -0.25) is 14.9 Å². The van der Waals surface area contributed by atoms with Gasteiger partial charge in [0.05, 0.1) is 18.2 Å².